The van der Waals surface area contributed by atoms with Gasteiger partial charge in [-0.25, -0.2) is 18.0 Å². The van der Waals surface area contributed by atoms with E-state index in [1.54, 1.807) is 6.92 Å². The Morgan fingerprint density at radius 2 is 2.11 bits per heavy atom. The highest BCUT2D eigenvalue weighted by atomic mass is 32.2. The maximum atomic E-state index is 11.8. The Kier molecular flexibility index (Phi) is 5.12. The zero-order valence-electron chi connectivity index (χ0n) is 10.6. The van der Waals surface area contributed by atoms with E-state index in [0.717, 1.165) is 0 Å². The predicted molar refractivity (Wildman–Crippen MR) is 66.5 cm³/mol. The van der Waals surface area contributed by atoms with Crippen molar-refractivity contribution in [3.05, 3.63) is 0 Å². The van der Waals surface area contributed by atoms with Gasteiger partial charge in [-0.15, -0.1) is 0 Å². The molecule has 2 atom stereocenters. The second kappa shape index (κ2) is 6.20. The van der Waals surface area contributed by atoms with Crippen LogP contribution in [0.25, 0.3) is 0 Å². The van der Waals surface area contributed by atoms with Crippen LogP contribution in [0.5, 0.6) is 0 Å². The van der Waals surface area contributed by atoms with Crippen molar-refractivity contribution >= 4 is 21.8 Å². The molecule has 0 aliphatic carbocycles. The maximum Gasteiger partial charge on any atom is 0.332 e. The zero-order chi connectivity index (χ0) is 14.6. The number of carbonyl (C=O) groups is 2. The molecule has 3 N–H and O–H groups in total. The number of aliphatic hydroxyl groups is 1. The second-order valence-electron chi connectivity index (χ2n) is 4.53. The number of hydrogen-bond acceptors (Lipinski definition) is 5. The zero-order valence-corrected chi connectivity index (χ0v) is 11.4. The first kappa shape index (κ1) is 15.7. The molecule has 0 spiro atoms. The number of carboxylic acid groups (broad SMARTS) is 1. The van der Waals surface area contributed by atoms with Gasteiger partial charge in [0, 0.05) is 25.6 Å². The van der Waals surface area contributed by atoms with Crippen molar-refractivity contribution < 1.29 is 28.2 Å². The molecule has 19 heavy (non-hydrogen) atoms. The molecule has 1 saturated heterocycles. The van der Waals surface area contributed by atoms with Gasteiger partial charge >= 0.3 is 12.0 Å². The Hall–Kier alpha value is -1.35. The monoisotopic (exact) mass is 294 g/mol. The van der Waals surface area contributed by atoms with E-state index in [1.807, 2.05) is 0 Å². The average Bonchev–Trinajstić information content (AvgIpc) is 2.27. The summed E-state index contributed by atoms with van der Waals surface area (Å²) >= 11 is 0. The number of amides is 2. The molecule has 0 aromatic carbocycles. The molecule has 1 unspecified atom stereocenters. The fourth-order valence-electron chi connectivity index (χ4n) is 1.84. The van der Waals surface area contributed by atoms with E-state index in [-0.39, 0.29) is 31.0 Å². The normalized spacial score (nSPS) is 23.7. The van der Waals surface area contributed by atoms with Crippen molar-refractivity contribution in [3.63, 3.8) is 0 Å². The number of aliphatic hydroxyl groups excluding tert-OH is 1. The van der Waals surface area contributed by atoms with E-state index < -0.39 is 34.0 Å². The van der Waals surface area contributed by atoms with Crippen LogP contribution in [0, 0.1) is 0 Å². The fourth-order valence-corrected chi connectivity index (χ4v) is 3.40. The molecule has 0 radical (unpaired) electrons. The number of carboxylic acids is 1. The van der Waals surface area contributed by atoms with Crippen molar-refractivity contribution in [2.24, 2.45) is 0 Å². The molecule has 1 aliphatic heterocycles. The first-order valence-corrected chi connectivity index (χ1v) is 7.71. The van der Waals surface area contributed by atoms with Crippen LogP contribution in [0.4, 0.5) is 4.79 Å². The van der Waals surface area contributed by atoms with Crippen molar-refractivity contribution in [2.75, 3.05) is 24.6 Å². The highest BCUT2D eigenvalue weighted by molar-refractivity contribution is 7.91. The highest BCUT2D eigenvalue weighted by Gasteiger charge is 2.31. The van der Waals surface area contributed by atoms with Crippen LogP contribution in [-0.4, -0.2) is 72.3 Å². The summed E-state index contributed by atoms with van der Waals surface area (Å²) in [5.74, 6) is -1.48. The summed E-state index contributed by atoms with van der Waals surface area (Å²) in [6.45, 7) is 1.78. The van der Waals surface area contributed by atoms with Crippen LogP contribution in [0.3, 0.4) is 0 Å². The number of aliphatic carboxylic acids is 1. The van der Waals surface area contributed by atoms with Crippen LogP contribution in [-0.2, 0) is 14.6 Å². The number of rotatable bonds is 4. The number of urea groups is 1. The lowest BCUT2D eigenvalue weighted by molar-refractivity contribution is -0.146. The predicted octanol–water partition coefficient (Wildman–Crippen LogP) is -1.35. The van der Waals surface area contributed by atoms with E-state index in [2.05, 4.69) is 5.32 Å². The van der Waals surface area contributed by atoms with Gasteiger partial charge in [0.1, 0.15) is 0 Å². The second-order valence-corrected chi connectivity index (χ2v) is 6.76. The van der Waals surface area contributed by atoms with Gasteiger partial charge in [0.05, 0.1) is 11.5 Å². The molecule has 0 bridgehead atoms. The van der Waals surface area contributed by atoms with Gasteiger partial charge in [-0.05, 0) is 6.92 Å². The first-order chi connectivity index (χ1) is 8.73. The van der Waals surface area contributed by atoms with Gasteiger partial charge in [-0.1, -0.05) is 0 Å². The van der Waals surface area contributed by atoms with Crippen molar-refractivity contribution in [1.29, 1.82) is 0 Å². The molecule has 8 nitrogen and oxygen atoms in total. The summed E-state index contributed by atoms with van der Waals surface area (Å²) in [5, 5.41) is 19.9. The van der Waals surface area contributed by atoms with Gasteiger partial charge in [-0.2, -0.15) is 0 Å². The molecular weight excluding hydrogens is 276 g/mol. The molecule has 1 heterocycles. The van der Waals surface area contributed by atoms with Gasteiger partial charge in [0.2, 0.25) is 0 Å². The molecule has 9 heteroatoms. The van der Waals surface area contributed by atoms with Crippen LogP contribution >= 0.6 is 0 Å². The van der Waals surface area contributed by atoms with E-state index in [4.69, 9.17) is 10.2 Å². The fraction of sp³-hybridized carbons (Fsp3) is 0.800. The third-order valence-corrected chi connectivity index (χ3v) is 4.71. The SMILES string of the molecule is CC1CS(=O)(=O)CCN1C(=O)NCC[C@H](O)C(=O)O. The smallest absolute Gasteiger partial charge is 0.332 e. The molecule has 0 aromatic rings. The molecule has 110 valence electrons. The molecular formula is C10H18N2O6S. The van der Waals surface area contributed by atoms with E-state index in [9.17, 15) is 18.0 Å². The summed E-state index contributed by atoms with van der Waals surface area (Å²) in [7, 11) is -3.08. The number of nitrogens with zero attached hydrogens (tertiary/aromatic N) is 1. The molecule has 1 fully saturated rings. The number of carbonyl (C=O) groups excluding carboxylic acids is 1. The summed E-state index contributed by atoms with van der Waals surface area (Å²) in [6.07, 6.45) is -1.61. The Bertz CT molecular complexity index is 449. The molecule has 0 saturated carbocycles. The summed E-state index contributed by atoms with van der Waals surface area (Å²) < 4.78 is 22.7. The summed E-state index contributed by atoms with van der Waals surface area (Å²) in [5.41, 5.74) is 0. The van der Waals surface area contributed by atoms with Gasteiger partial charge in [0.25, 0.3) is 0 Å². The average molecular weight is 294 g/mol. The van der Waals surface area contributed by atoms with Crippen LogP contribution in [0.15, 0.2) is 0 Å². The van der Waals surface area contributed by atoms with Gasteiger partial charge < -0.3 is 20.4 Å². The third kappa shape index (κ3) is 4.67. The Balaban J connectivity index is 2.40. The summed E-state index contributed by atoms with van der Waals surface area (Å²) in [6, 6.07) is -0.858. The number of nitrogens with one attached hydrogen (secondary N) is 1. The van der Waals surface area contributed by atoms with Crippen molar-refractivity contribution in [3.8, 4) is 0 Å². The van der Waals surface area contributed by atoms with E-state index >= 15 is 0 Å². The van der Waals surface area contributed by atoms with Crippen LogP contribution in [0.2, 0.25) is 0 Å². The quantitative estimate of drug-likeness (QED) is 0.589. The lowest BCUT2D eigenvalue weighted by Gasteiger charge is -2.33. The minimum atomic E-state index is -3.08. The Morgan fingerprint density at radius 1 is 1.47 bits per heavy atom. The number of sulfone groups is 1. The summed E-state index contributed by atoms with van der Waals surface area (Å²) in [4.78, 5) is 23.5. The van der Waals surface area contributed by atoms with Gasteiger partial charge in [-0.3, -0.25) is 0 Å². The van der Waals surface area contributed by atoms with Crippen molar-refractivity contribution in [1.82, 2.24) is 10.2 Å². The Labute approximate surface area is 111 Å². The minimum Gasteiger partial charge on any atom is -0.479 e. The van der Waals surface area contributed by atoms with Crippen LogP contribution in [0.1, 0.15) is 13.3 Å². The maximum absolute atomic E-state index is 11.8. The largest absolute Gasteiger partial charge is 0.479 e. The number of hydrogen-bond donors (Lipinski definition) is 3. The molecule has 0 aromatic heterocycles. The lowest BCUT2D eigenvalue weighted by Crippen LogP contribution is -2.53. The topological polar surface area (TPSA) is 124 Å². The molecule has 2 amide bonds. The minimum absolute atomic E-state index is 0.0161. The standard InChI is InChI=1S/C10H18N2O6S/c1-7-6-19(17,18)5-4-12(7)10(16)11-3-2-8(13)9(14)15/h7-8,13H,2-6H2,1H3,(H,11,16)(H,14,15)/t7?,8-/m0/s1. The Morgan fingerprint density at radius 3 is 2.63 bits per heavy atom. The first-order valence-electron chi connectivity index (χ1n) is 5.88. The highest BCUT2D eigenvalue weighted by Crippen LogP contribution is 2.11. The van der Waals surface area contributed by atoms with Crippen molar-refractivity contribution in [2.45, 2.75) is 25.5 Å². The lowest BCUT2D eigenvalue weighted by atomic mass is 10.2. The van der Waals surface area contributed by atoms with E-state index in [0.29, 0.717) is 0 Å². The third-order valence-electron chi connectivity index (χ3n) is 2.91. The van der Waals surface area contributed by atoms with Crippen LogP contribution < -0.4 is 5.32 Å². The van der Waals surface area contributed by atoms with E-state index in [1.165, 1.54) is 4.90 Å². The molecule has 1 rings (SSSR count). The van der Waals surface area contributed by atoms with Gasteiger partial charge in [0.15, 0.2) is 15.9 Å². The molecule has 1 aliphatic rings.